The number of halogens is 1. The molecule has 3 saturated heterocycles. The number of anilines is 2. The quantitative estimate of drug-likeness (QED) is 0.210. The number of nitrogens with two attached hydrogens (primary N) is 2. The van der Waals surface area contributed by atoms with Gasteiger partial charge in [0.05, 0.1) is 39.9 Å². The zero-order chi connectivity index (χ0) is 39.1. The largest absolute Gasteiger partial charge is 0.494 e. The molecule has 0 radical (unpaired) electrons. The number of sulfone groups is 2. The molecular formula is C38H50BBrN6O6S2. The van der Waals surface area contributed by atoms with Crippen LogP contribution in [0.4, 0.5) is 11.6 Å². The van der Waals surface area contributed by atoms with Gasteiger partial charge in [-0.1, -0.05) is 60.7 Å². The normalized spacial score (nSPS) is 20.2. The Labute approximate surface area is 328 Å². The predicted octanol–water partition coefficient (Wildman–Crippen LogP) is 4.20. The molecule has 12 nitrogen and oxygen atoms in total. The van der Waals surface area contributed by atoms with Crippen LogP contribution in [0.15, 0.2) is 89.5 Å². The van der Waals surface area contributed by atoms with Crippen molar-refractivity contribution in [3.8, 4) is 11.3 Å². The van der Waals surface area contributed by atoms with Gasteiger partial charge in [0.15, 0.2) is 19.7 Å². The van der Waals surface area contributed by atoms with Gasteiger partial charge in [0.25, 0.3) is 0 Å². The van der Waals surface area contributed by atoms with E-state index in [-0.39, 0.29) is 41.3 Å². The molecule has 4 N–H and O–H groups in total. The third-order valence-corrected chi connectivity index (χ3v) is 13.6. The maximum atomic E-state index is 11.5. The second kappa shape index (κ2) is 17.6. The van der Waals surface area contributed by atoms with Gasteiger partial charge >= 0.3 is 7.12 Å². The summed E-state index contributed by atoms with van der Waals surface area (Å²) < 4.78 is 58.8. The van der Waals surface area contributed by atoms with Gasteiger partial charge in [-0.25, -0.2) is 26.8 Å². The van der Waals surface area contributed by atoms with Crippen molar-refractivity contribution in [2.45, 2.75) is 52.0 Å². The summed E-state index contributed by atoms with van der Waals surface area (Å²) in [6.45, 7) is 12.2. The van der Waals surface area contributed by atoms with Crippen molar-refractivity contribution in [3.63, 3.8) is 0 Å². The highest BCUT2D eigenvalue weighted by Gasteiger charge is 2.51. The van der Waals surface area contributed by atoms with Gasteiger partial charge in [0.2, 0.25) is 0 Å². The van der Waals surface area contributed by atoms with E-state index in [1.165, 1.54) is 11.1 Å². The second-order valence-electron chi connectivity index (χ2n) is 14.7. The van der Waals surface area contributed by atoms with Crippen molar-refractivity contribution < 1.29 is 26.1 Å². The van der Waals surface area contributed by atoms with Crippen LogP contribution in [0, 0.1) is 0 Å². The lowest BCUT2D eigenvalue weighted by molar-refractivity contribution is 0.00578. The Morgan fingerprint density at radius 3 is 1.48 bits per heavy atom. The van der Waals surface area contributed by atoms with Crippen LogP contribution in [0.25, 0.3) is 11.3 Å². The van der Waals surface area contributed by atoms with E-state index >= 15 is 0 Å². The standard InChI is InChI=1S/C17H26BNO4S.C16H19N3O2S.C5H5BrN2/c1-16(2)17(3,4)23-18(22-16)15-7-5-14(6-8-15)13-19-9-11-24(20,21)12-10-19;17-16-3-1-2-15(18-16)14-6-4-13(5-7-14)12-19-8-10-22(20,21)11-9-19;6-4-2-1-3-5(7)8-4/h5-8H,9-13H2,1-4H3;1-7H,8-12H2,(H2,17,18);1-3H,(H2,7,8). The topological polar surface area (TPSA) is 171 Å². The Hall–Kier alpha value is -3.38. The van der Waals surface area contributed by atoms with E-state index < -0.39 is 19.7 Å². The van der Waals surface area contributed by atoms with E-state index in [2.05, 4.69) is 60.0 Å². The summed E-state index contributed by atoms with van der Waals surface area (Å²) in [5.74, 6) is 2.10. The first-order valence-electron chi connectivity index (χ1n) is 17.9. The van der Waals surface area contributed by atoms with E-state index in [9.17, 15) is 16.8 Å². The van der Waals surface area contributed by atoms with Gasteiger partial charge in [-0.15, -0.1) is 0 Å². The van der Waals surface area contributed by atoms with Gasteiger partial charge in [-0.3, -0.25) is 9.80 Å². The Bertz CT molecular complexity index is 2030. The molecule has 290 valence electrons. The Balaban J connectivity index is 0.000000173. The van der Waals surface area contributed by atoms with E-state index in [4.69, 9.17) is 20.8 Å². The zero-order valence-corrected chi connectivity index (χ0v) is 34.5. The number of aromatic nitrogens is 2. The number of benzene rings is 2. The summed E-state index contributed by atoms with van der Waals surface area (Å²) in [6.07, 6.45) is 0. The minimum absolute atomic E-state index is 0.262. The van der Waals surface area contributed by atoms with Crippen LogP contribution in [-0.4, -0.2) is 104 Å². The summed E-state index contributed by atoms with van der Waals surface area (Å²) in [6, 6.07) is 27.4. The van der Waals surface area contributed by atoms with Crippen molar-refractivity contribution in [2.24, 2.45) is 0 Å². The Kier molecular flexibility index (Phi) is 13.6. The highest BCUT2D eigenvalue weighted by Crippen LogP contribution is 2.36. The highest BCUT2D eigenvalue weighted by molar-refractivity contribution is 9.10. The molecule has 0 spiro atoms. The molecule has 0 atom stereocenters. The lowest BCUT2D eigenvalue weighted by Crippen LogP contribution is -2.41. The highest BCUT2D eigenvalue weighted by atomic mass is 79.9. The maximum Gasteiger partial charge on any atom is 0.494 e. The lowest BCUT2D eigenvalue weighted by atomic mass is 9.79. The number of pyridine rings is 2. The Morgan fingerprint density at radius 1 is 0.648 bits per heavy atom. The van der Waals surface area contributed by atoms with E-state index in [1.54, 1.807) is 12.1 Å². The van der Waals surface area contributed by atoms with Crippen molar-refractivity contribution in [2.75, 3.05) is 60.7 Å². The molecule has 0 amide bonds. The van der Waals surface area contributed by atoms with Crippen LogP contribution in [0.1, 0.15) is 38.8 Å². The minimum Gasteiger partial charge on any atom is -0.399 e. The van der Waals surface area contributed by atoms with Gasteiger partial charge < -0.3 is 20.8 Å². The van der Waals surface area contributed by atoms with Gasteiger partial charge in [0.1, 0.15) is 16.2 Å². The van der Waals surface area contributed by atoms with Crippen molar-refractivity contribution in [1.29, 1.82) is 0 Å². The van der Waals surface area contributed by atoms with Crippen molar-refractivity contribution >= 4 is 59.8 Å². The van der Waals surface area contributed by atoms with Crippen LogP contribution in [-0.2, 0) is 42.1 Å². The predicted molar refractivity (Wildman–Crippen MR) is 220 cm³/mol. The number of rotatable bonds is 6. The third kappa shape index (κ3) is 12.1. The number of hydrogen-bond donors (Lipinski definition) is 2. The molecule has 16 heteroatoms. The fraction of sp³-hybridized carbons (Fsp3) is 0.421. The minimum atomic E-state index is -2.82. The fourth-order valence-corrected chi connectivity index (χ4v) is 8.82. The fourth-order valence-electron chi connectivity index (χ4n) is 5.91. The summed E-state index contributed by atoms with van der Waals surface area (Å²) >= 11 is 3.17. The molecule has 2 aromatic carbocycles. The summed E-state index contributed by atoms with van der Waals surface area (Å²) in [7, 11) is -5.98. The second-order valence-corrected chi connectivity index (χ2v) is 20.1. The lowest BCUT2D eigenvalue weighted by Gasteiger charge is -2.32. The van der Waals surface area contributed by atoms with Crippen LogP contribution in [0.3, 0.4) is 0 Å². The molecule has 2 aromatic heterocycles. The molecule has 54 heavy (non-hydrogen) atoms. The van der Waals surface area contributed by atoms with Gasteiger partial charge in [-0.2, -0.15) is 0 Å². The van der Waals surface area contributed by atoms with Crippen LogP contribution in [0.5, 0.6) is 0 Å². The molecule has 3 fully saturated rings. The molecular weight excluding hydrogens is 791 g/mol. The maximum absolute atomic E-state index is 11.5. The third-order valence-electron chi connectivity index (χ3n) is 9.95. The first-order chi connectivity index (χ1) is 25.4. The summed E-state index contributed by atoms with van der Waals surface area (Å²) in [5, 5.41) is 0. The number of nitrogens with zero attached hydrogens (tertiary/aromatic N) is 4. The SMILES string of the molecule is CC1(C)OB(c2ccc(CN3CCS(=O)(=O)CC3)cc2)OC1(C)C.Nc1cccc(-c2ccc(CN3CCS(=O)(=O)CC3)cc2)n1.Nc1cccc(Br)n1. The number of nitrogen functional groups attached to an aromatic ring is 2. The first kappa shape index (κ1) is 41.8. The van der Waals surface area contributed by atoms with Crippen LogP contribution < -0.4 is 16.9 Å². The average molecular weight is 842 g/mol. The van der Waals surface area contributed by atoms with E-state index in [1.807, 2.05) is 76.2 Å². The molecule has 3 aliphatic heterocycles. The molecule has 4 aromatic rings. The first-order valence-corrected chi connectivity index (χ1v) is 22.3. The Morgan fingerprint density at radius 2 is 1.07 bits per heavy atom. The molecule has 0 unspecified atom stereocenters. The zero-order valence-electron chi connectivity index (χ0n) is 31.3. The van der Waals surface area contributed by atoms with Gasteiger partial charge in [-0.05, 0) is 84.5 Å². The molecule has 0 saturated carbocycles. The summed E-state index contributed by atoms with van der Waals surface area (Å²) in [4.78, 5) is 12.5. The molecule has 7 rings (SSSR count). The van der Waals surface area contributed by atoms with E-state index in [0.29, 0.717) is 37.8 Å². The number of hydrogen-bond acceptors (Lipinski definition) is 12. The molecule has 0 aliphatic carbocycles. The van der Waals surface area contributed by atoms with Crippen LogP contribution in [0.2, 0.25) is 0 Å². The molecule has 5 heterocycles. The van der Waals surface area contributed by atoms with Crippen molar-refractivity contribution in [3.05, 3.63) is 101 Å². The molecule has 0 bridgehead atoms. The van der Waals surface area contributed by atoms with E-state index in [0.717, 1.165) is 34.4 Å². The van der Waals surface area contributed by atoms with Crippen LogP contribution >= 0.6 is 15.9 Å². The smallest absolute Gasteiger partial charge is 0.399 e. The monoisotopic (exact) mass is 840 g/mol. The molecule has 3 aliphatic rings. The van der Waals surface area contributed by atoms with Crippen molar-refractivity contribution in [1.82, 2.24) is 19.8 Å². The van der Waals surface area contributed by atoms with Gasteiger partial charge in [0, 0.05) is 44.8 Å². The summed E-state index contributed by atoms with van der Waals surface area (Å²) in [5.41, 5.74) is 15.6. The average Bonchev–Trinajstić information content (AvgIpc) is 3.33.